The molecule has 0 bridgehead atoms. The Bertz CT molecular complexity index is 488. The summed E-state index contributed by atoms with van der Waals surface area (Å²) in [6.07, 6.45) is 4.02. The molecule has 0 radical (unpaired) electrons. The van der Waals surface area contributed by atoms with E-state index in [0.717, 1.165) is 57.1 Å². The van der Waals surface area contributed by atoms with Crippen molar-refractivity contribution in [2.45, 2.75) is 58.8 Å². The Balaban J connectivity index is 1.68. The van der Waals surface area contributed by atoms with Crippen LogP contribution in [0.4, 0.5) is 0 Å². The predicted octanol–water partition coefficient (Wildman–Crippen LogP) is 2.78. The Morgan fingerprint density at radius 3 is 3.09 bits per heavy atom. The quantitative estimate of drug-likeness (QED) is 0.837. The van der Waals surface area contributed by atoms with E-state index in [1.54, 1.807) is 0 Å². The summed E-state index contributed by atoms with van der Waals surface area (Å²) in [5, 5.41) is 4.13. The minimum absolute atomic E-state index is 0.138. The van der Waals surface area contributed by atoms with Crippen LogP contribution in [-0.4, -0.2) is 48.6 Å². The molecule has 2 unspecified atom stereocenters. The SMILES string of the molecule is Cc1cc(CN2CCC3OCCCC3(COC(C)C)C2)no1. The molecule has 0 spiro atoms. The maximum absolute atomic E-state index is 6.08. The number of fused-ring (bicyclic) bond motifs is 1. The molecule has 0 aliphatic carbocycles. The molecular formula is C17H28N2O3. The van der Waals surface area contributed by atoms with Gasteiger partial charge in [0.05, 0.1) is 24.5 Å². The first-order valence-electron chi connectivity index (χ1n) is 8.45. The predicted molar refractivity (Wildman–Crippen MR) is 83.6 cm³/mol. The summed E-state index contributed by atoms with van der Waals surface area (Å²) in [7, 11) is 0. The van der Waals surface area contributed by atoms with Crippen molar-refractivity contribution in [2.75, 3.05) is 26.3 Å². The lowest BCUT2D eigenvalue weighted by Crippen LogP contribution is -2.56. The molecule has 3 heterocycles. The van der Waals surface area contributed by atoms with E-state index >= 15 is 0 Å². The van der Waals surface area contributed by atoms with Crippen LogP contribution in [-0.2, 0) is 16.0 Å². The lowest BCUT2D eigenvalue weighted by molar-refractivity contribution is -0.159. The zero-order valence-corrected chi connectivity index (χ0v) is 14.0. The molecule has 2 saturated heterocycles. The Labute approximate surface area is 132 Å². The average molecular weight is 308 g/mol. The van der Waals surface area contributed by atoms with Crippen LogP contribution in [0, 0.1) is 12.3 Å². The van der Waals surface area contributed by atoms with Gasteiger partial charge < -0.3 is 14.0 Å². The largest absolute Gasteiger partial charge is 0.378 e. The smallest absolute Gasteiger partial charge is 0.133 e. The lowest BCUT2D eigenvalue weighted by Gasteiger charge is -2.50. The molecule has 2 fully saturated rings. The number of likely N-dealkylation sites (tertiary alicyclic amines) is 1. The number of nitrogens with zero attached hydrogens (tertiary/aromatic N) is 2. The van der Waals surface area contributed by atoms with Gasteiger partial charge in [-0.25, -0.2) is 0 Å². The summed E-state index contributed by atoms with van der Waals surface area (Å²) in [6, 6.07) is 2.03. The molecule has 0 amide bonds. The van der Waals surface area contributed by atoms with Crippen molar-refractivity contribution >= 4 is 0 Å². The van der Waals surface area contributed by atoms with Crippen molar-refractivity contribution in [1.82, 2.24) is 10.1 Å². The molecular weight excluding hydrogens is 280 g/mol. The molecule has 5 heteroatoms. The van der Waals surface area contributed by atoms with E-state index in [9.17, 15) is 0 Å². The van der Waals surface area contributed by atoms with Gasteiger partial charge in [0.25, 0.3) is 0 Å². The van der Waals surface area contributed by atoms with E-state index in [-0.39, 0.29) is 11.5 Å². The zero-order valence-electron chi connectivity index (χ0n) is 14.0. The molecule has 0 aromatic carbocycles. The average Bonchev–Trinajstić information content (AvgIpc) is 2.90. The van der Waals surface area contributed by atoms with Gasteiger partial charge in [0.15, 0.2) is 0 Å². The van der Waals surface area contributed by atoms with E-state index in [2.05, 4.69) is 23.9 Å². The minimum atomic E-state index is 0.138. The van der Waals surface area contributed by atoms with Gasteiger partial charge in [-0.1, -0.05) is 5.16 Å². The van der Waals surface area contributed by atoms with Gasteiger partial charge in [-0.05, 0) is 40.0 Å². The maximum atomic E-state index is 6.08. The minimum Gasteiger partial charge on any atom is -0.378 e. The highest BCUT2D eigenvalue weighted by Crippen LogP contribution is 2.41. The van der Waals surface area contributed by atoms with Crippen LogP contribution in [0.25, 0.3) is 0 Å². The fourth-order valence-electron chi connectivity index (χ4n) is 3.78. The Kier molecular flexibility index (Phi) is 4.85. The van der Waals surface area contributed by atoms with Crippen LogP contribution < -0.4 is 0 Å². The normalized spacial score (nSPS) is 29.7. The molecule has 2 atom stereocenters. The third-order valence-corrected chi connectivity index (χ3v) is 4.83. The van der Waals surface area contributed by atoms with Crippen molar-refractivity contribution in [1.29, 1.82) is 0 Å². The highest BCUT2D eigenvalue weighted by molar-refractivity contribution is 5.05. The first-order chi connectivity index (χ1) is 10.6. The summed E-state index contributed by atoms with van der Waals surface area (Å²) in [6.45, 7) is 10.8. The topological polar surface area (TPSA) is 47.7 Å². The number of ether oxygens (including phenoxy) is 2. The molecule has 2 aliphatic heterocycles. The Morgan fingerprint density at radius 2 is 2.36 bits per heavy atom. The van der Waals surface area contributed by atoms with Crippen LogP contribution in [0.15, 0.2) is 10.6 Å². The van der Waals surface area contributed by atoms with Gasteiger partial charge in [0.2, 0.25) is 0 Å². The number of piperidine rings is 1. The second kappa shape index (κ2) is 6.69. The summed E-state index contributed by atoms with van der Waals surface area (Å²) < 4.78 is 17.3. The first-order valence-corrected chi connectivity index (χ1v) is 8.45. The molecule has 3 rings (SSSR count). The number of aromatic nitrogens is 1. The fourth-order valence-corrected chi connectivity index (χ4v) is 3.78. The van der Waals surface area contributed by atoms with Gasteiger partial charge >= 0.3 is 0 Å². The summed E-state index contributed by atoms with van der Waals surface area (Å²) in [4.78, 5) is 2.48. The van der Waals surface area contributed by atoms with Gasteiger partial charge in [-0.3, -0.25) is 4.90 Å². The van der Waals surface area contributed by atoms with E-state index in [4.69, 9.17) is 14.0 Å². The van der Waals surface area contributed by atoms with Crippen LogP contribution in [0.3, 0.4) is 0 Å². The zero-order chi connectivity index (χ0) is 15.6. The third-order valence-electron chi connectivity index (χ3n) is 4.83. The highest BCUT2D eigenvalue weighted by Gasteiger charge is 2.46. The molecule has 5 nitrogen and oxygen atoms in total. The van der Waals surface area contributed by atoms with Crippen LogP contribution in [0.1, 0.15) is 44.6 Å². The van der Waals surface area contributed by atoms with E-state index < -0.39 is 0 Å². The van der Waals surface area contributed by atoms with E-state index in [1.807, 2.05) is 13.0 Å². The highest BCUT2D eigenvalue weighted by atomic mass is 16.5. The maximum Gasteiger partial charge on any atom is 0.133 e. The molecule has 1 aromatic heterocycles. The monoisotopic (exact) mass is 308 g/mol. The van der Waals surface area contributed by atoms with Crippen LogP contribution in [0.2, 0.25) is 0 Å². The molecule has 22 heavy (non-hydrogen) atoms. The van der Waals surface area contributed by atoms with Gasteiger partial charge in [-0.15, -0.1) is 0 Å². The van der Waals surface area contributed by atoms with E-state index in [0.29, 0.717) is 6.10 Å². The molecule has 124 valence electrons. The summed E-state index contributed by atoms with van der Waals surface area (Å²) in [5.74, 6) is 0.878. The van der Waals surface area contributed by atoms with E-state index in [1.165, 1.54) is 6.42 Å². The second-order valence-electron chi connectivity index (χ2n) is 7.11. The molecule has 1 aromatic rings. The van der Waals surface area contributed by atoms with Crippen LogP contribution in [0.5, 0.6) is 0 Å². The summed E-state index contributed by atoms with van der Waals surface area (Å²) in [5.41, 5.74) is 1.16. The van der Waals surface area contributed by atoms with Crippen molar-refractivity contribution in [3.63, 3.8) is 0 Å². The standard InChI is InChI=1S/C17H28N2O3/c1-13(2)21-12-17-6-4-8-20-16(17)5-7-19(11-17)10-15-9-14(3)22-18-15/h9,13,16H,4-8,10-12H2,1-3H3. The molecule has 0 saturated carbocycles. The van der Waals surface area contributed by atoms with Crippen molar-refractivity contribution < 1.29 is 14.0 Å². The Hall–Kier alpha value is -0.910. The molecule has 2 aliphatic rings. The number of hydrogen-bond donors (Lipinski definition) is 0. The number of hydrogen-bond acceptors (Lipinski definition) is 5. The molecule has 0 N–H and O–H groups in total. The van der Waals surface area contributed by atoms with Gasteiger partial charge in [0.1, 0.15) is 5.76 Å². The van der Waals surface area contributed by atoms with Crippen molar-refractivity contribution in [2.24, 2.45) is 5.41 Å². The number of rotatable bonds is 5. The van der Waals surface area contributed by atoms with Gasteiger partial charge in [-0.2, -0.15) is 0 Å². The van der Waals surface area contributed by atoms with Crippen molar-refractivity contribution in [3.05, 3.63) is 17.5 Å². The van der Waals surface area contributed by atoms with Crippen molar-refractivity contribution in [3.8, 4) is 0 Å². The lowest BCUT2D eigenvalue weighted by atomic mass is 9.73. The fraction of sp³-hybridized carbons (Fsp3) is 0.824. The summed E-state index contributed by atoms with van der Waals surface area (Å²) >= 11 is 0. The van der Waals surface area contributed by atoms with Gasteiger partial charge in [0, 0.05) is 37.7 Å². The first kappa shape index (κ1) is 16.0. The Morgan fingerprint density at radius 1 is 1.50 bits per heavy atom. The third kappa shape index (κ3) is 3.53. The second-order valence-corrected chi connectivity index (χ2v) is 7.11. The number of aryl methyl sites for hydroxylation is 1. The van der Waals surface area contributed by atoms with Crippen LogP contribution >= 0.6 is 0 Å².